The van der Waals surface area contributed by atoms with E-state index < -0.39 is 10.0 Å². The lowest BCUT2D eigenvalue weighted by atomic mass is 10.4. The van der Waals surface area contributed by atoms with Gasteiger partial charge in [-0.15, -0.1) is 0 Å². The first kappa shape index (κ1) is 13.4. The molecule has 1 unspecified atom stereocenters. The van der Waals surface area contributed by atoms with Gasteiger partial charge < -0.3 is 10.2 Å². The Labute approximate surface area is 96.4 Å². The van der Waals surface area contributed by atoms with Crippen molar-refractivity contribution in [2.75, 3.05) is 33.7 Å². The van der Waals surface area contributed by atoms with Gasteiger partial charge in [0.25, 0.3) is 0 Å². The number of carbonyl (C=O) groups excluding carboxylic acids is 1. The SMILES string of the molecule is CN(C)C(=O)CCNS(=O)(=O)C1CCNC1. The number of rotatable bonds is 5. The fourth-order valence-electron chi connectivity index (χ4n) is 1.53. The molecule has 16 heavy (non-hydrogen) atoms. The van der Waals surface area contributed by atoms with Gasteiger partial charge in [-0.05, 0) is 13.0 Å². The molecule has 2 N–H and O–H groups in total. The normalized spacial score (nSPS) is 21.0. The Morgan fingerprint density at radius 3 is 2.69 bits per heavy atom. The van der Waals surface area contributed by atoms with Gasteiger partial charge in [-0.1, -0.05) is 0 Å². The number of amides is 1. The molecule has 1 amide bonds. The zero-order valence-corrected chi connectivity index (χ0v) is 10.5. The number of sulfonamides is 1. The summed E-state index contributed by atoms with van der Waals surface area (Å²) in [5.74, 6) is -0.0766. The topological polar surface area (TPSA) is 78.5 Å². The zero-order valence-electron chi connectivity index (χ0n) is 9.69. The maximum atomic E-state index is 11.7. The van der Waals surface area contributed by atoms with Gasteiger partial charge in [0.15, 0.2) is 0 Å². The highest BCUT2D eigenvalue weighted by molar-refractivity contribution is 7.90. The van der Waals surface area contributed by atoms with E-state index in [1.54, 1.807) is 14.1 Å². The molecule has 0 radical (unpaired) electrons. The molecule has 0 aliphatic carbocycles. The summed E-state index contributed by atoms with van der Waals surface area (Å²) in [5.41, 5.74) is 0. The van der Waals surface area contributed by atoms with E-state index in [1.165, 1.54) is 4.90 Å². The monoisotopic (exact) mass is 249 g/mol. The van der Waals surface area contributed by atoms with Crippen LogP contribution in [-0.4, -0.2) is 58.2 Å². The van der Waals surface area contributed by atoms with Crippen molar-refractivity contribution in [2.24, 2.45) is 0 Å². The molecule has 6 nitrogen and oxygen atoms in total. The van der Waals surface area contributed by atoms with Gasteiger partial charge in [0.05, 0.1) is 5.25 Å². The average molecular weight is 249 g/mol. The van der Waals surface area contributed by atoms with Crippen molar-refractivity contribution in [3.05, 3.63) is 0 Å². The van der Waals surface area contributed by atoms with E-state index in [4.69, 9.17) is 0 Å². The molecule has 0 bridgehead atoms. The first-order valence-electron chi connectivity index (χ1n) is 5.33. The molecule has 0 aromatic carbocycles. The predicted octanol–water partition coefficient (Wildman–Crippen LogP) is -1.25. The van der Waals surface area contributed by atoms with Crippen molar-refractivity contribution < 1.29 is 13.2 Å². The number of hydrogen-bond donors (Lipinski definition) is 2. The molecule has 0 aromatic heterocycles. The first-order chi connectivity index (χ1) is 7.43. The van der Waals surface area contributed by atoms with Crippen molar-refractivity contribution in [3.8, 4) is 0 Å². The smallest absolute Gasteiger partial charge is 0.223 e. The van der Waals surface area contributed by atoms with Crippen LogP contribution in [0, 0.1) is 0 Å². The minimum absolute atomic E-state index is 0.0766. The number of hydrogen-bond acceptors (Lipinski definition) is 4. The Bertz CT molecular complexity index is 334. The van der Waals surface area contributed by atoms with Crippen LogP contribution in [0.15, 0.2) is 0 Å². The van der Waals surface area contributed by atoms with Crippen LogP contribution < -0.4 is 10.0 Å². The van der Waals surface area contributed by atoms with Crippen LogP contribution in [-0.2, 0) is 14.8 Å². The molecule has 1 heterocycles. The maximum Gasteiger partial charge on any atom is 0.223 e. The maximum absolute atomic E-state index is 11.7. The van der Waals surface area contributed by atoms with Crippen LogP contribution in [0.25, 0.3) is 0 Å². The molecule has 0 saturated carbocycles. The lowest BCUT2D eigenvalue weighted by Crippen LogP contribution is -2.37. The first-order valence-corrected chi connectivity index (χ1v) is 6.87. The number of nitrogens with one attached hydrogen (secondary N) is 2. The highest BCUT2D eigenvalue weighted by Gasteiger charge is 2.28. The second-order valence-corrected chi connectivity index (χ2v) is 6.14. The Morgan fingerprint density at radius 2 is 2.19 bits per heavy atom. The van der Waals surface area contributed by atoms with E-state index in [2.05, 4.69) is 10.0 Å². The number of nitrogens with zero attached hydrogens (tertiary/aromatic N) is 1. The quantitative estimate of drug-likeness (QED) is 0.638. The minimum atomic E-state index is -3.26. The standard InChI is InChI=1S/C9H19N3O3S/c1-12(2)9(13)4-6-11-16(14,15)8-3-5-10-7-8/h8,10-11H,3-7H2,1-2H3. The summed E-state index contributed by atoms with van der Waals surface area (Å²) in [5, 5.41) is 2.64. The molecule has 94 valence electrons. The Kier molecular flexibility index (Phi) is 4.69. The van der Waals surface area contributed by atoms with Crippen LogP contribution in [0.3, 0.4) is 0 Å². The van der Waals surface area contributed by atoms with E-state index >= 15 is 0 Å². The van der Waals surface area contributed by atoms with Crippen molar-refractivity contribution in [1.29, 1.82) is 0 Å². The molecule has 0 aromatic rings. The molecule has 7 heteroatoms. The summed E-state index contributed by atoms with van der Waals surface area (Å²) in [4.78, 5) is 12.7. The third-order valence-electron chi connectivity index (χ3n) is 2.59. The number of carbonyl (C=O) groups is 1. The van der Waals surface area contributed by atoms with E-state index in [0.29, 0.717) is 13.0 Å². The van der Waals surface area contributed by atoms with Crippen molar-refractivity contribution in [3.63, 3.8) is 0 Å². The summed E-state index contributed by atoms with van der Waals surface area (Å²) >= 11 is 0. The molecular weight excluding hydrogens is 230 g/mol. The highest BCUT2D eigenvalue weighted by atomic mass is 32.2. The molecule has 1 aliphatic rings. The van der Waals surface area contributed by atoms with E-state index in [-0.39, 0.29) is 24.1 Å². The second-order valence-electron chi connectivity index (χ2n) is 4.09. The predicted molar refractivity (Wildman–Crippen MR) is 61.5 cm³/mol. The van der Waals surface area contributed by atoms with Gasteiger partial charge in [-0.2, -0.15) is 0 Å². The molecule has 1 atom stereocenters. The van der Waals surface area contributed by atoms with Gasteiger partial charge in [0.1, 0.15) is 0 Å². The van der Waals surface area contributed by atoms with E-state index in [0.717, 1.165) is 6.54 Å². The van der Waals surface area contributed by atoms with Gasteiger partial charge in [-0.25, -0.2) is 13.1 Å². The Morgan fingerprint density at radius 1 is 1.50 bits per heavy atom. The summed E-state index contributed by atoms with van der Waals surface area (Å²) < 4.78 is 25.9. The van der Waals surface area contributed by atoms with Crippen molar-refractivity contribution in [2.45, 2.75) is 18.1 Å². The molecule has 1 aliphatic heterocycles. The van der Waals surface area contributed by atoms with Crippen LogP contribution in [0.2, 0.25) is 0 Å². The summed E-state index contributed by atoms with van der Waals surface area (Å²) in [7, 11) is 0.0364. The fraction of sp³-hybridized carbons (Fsp3) is 0.889. The Balaban J connectivity index is 2.34. The average Bonchev–Trinajstić information content (AvgIpc) is 2.70. The summed E-state index contributed by atoms with van der Waals surface area (Å²) in [6, 6.07) is 0. The largest absolute Gasteiger partial charge is 0.349 e. The van der Waals surface area contributed by atoms with Crippen LogP contribution in [0.4, 0.5) is 0 Å². The van der Waals surface area contributed by atoms with Gasteiger partial charge in [-0.3, -0.25) is 4.79 Å². The third-order valence-corrected chi connectivity index (χ3v) is 4.48. The minimum Gasteiger partial charge on any atom is -0.349 e. The second kappa shape index (κ2) is 5.60. The fourth-order valence-corrected chi connectivity index (χ4v) is 2.92. The molecule has 0 spiro atoms. The summed E-state index contributed by atoms with van der Waals surface area (Å²) in [6.07, 6.45) is 0.837. The molecule has 1 fully saturated rings. The van der Waals surface area contributed by atoms with Gasteiger partial charge in [0, 0.05) is 33.6 Å². The molecule has 1 rings (SSSR count). The van der Waals surface area contributed by atoms with Gasteiger partial charge in [0.2, 0.25) is 15.9 Å². The van der Waals surface area contributed by atoms with Gasteiger partial charge >= 0.3 is 0 Å². The highest BCUT2D eigenvalue weighted by Crippen LogP contribution is 2.07. The van der Waals surface area contributed by atoms with Crippen LogP contribution in [0.1, 0.15) is 12.8 Å². The lowest BCUT2D eigenvalue weighted by Gasteiger charge is -2.13. The summed E-state index contributed by atoms with van der Waals surface area (Å²) in [6.45, 7) is 1.41. The van der Waals surface area contributed by atoms with Crippen LogP contribution >= 0.6 is 0 Å². The molecule has 1 saturated heterocycles. The Hall–Kier alpha value is -0.660. The van der Waals surface area contributed by atoms with E-state index in [9.17, 15) is 13.2 Å². The van der Waals surface area contributed by atoms with Crippen molar-refractivity contribution in [1.82, 2.24) is 14.9 Å². The van der Waals surface area contributed by atoms with Crippen molar-refractivity contribution >= 4 is 15.9 Å². The van der Waals surface area contributed by atoms with Crippen LogP contribution in [0.5, 0.6) is 0 Å². The third kappa shape index (κ3) is 3.73. The zero-order chi connectivity index (χ0) is 12.2. The lowest BCUT2D eigenvalue weighted by molar-refractivity contribution is -0.128. The van der Waals surface area contributed by atoms with E-state index in [1.807, 2.05) is 0 Å². The molecular formula is C9H19N3O3S.